The fourth-order valence-corrected chi connectivity index (χ4v) is 3.78. The van der Waals surface area contributed by atoms with E-state index in [0.717, 1.165) is 11.2 Å². The zero-order valence-electron chi connectivity index (χ0n) is 18.4. The van der Waals surface area contributed by atoms with Crippen LogP contribution in [-0.4, -0.2) is 55.2 Å². The van der Waals surface area contributed by atoms with E-state index in [2.05, 4.69) is 20.3 Å². The Morgan fingerprint density at radius 1 is 1.22 bits per heavy atom. The number of halogens is 3. The number of aromatic amines is 1. The normalized spacial score (nSPS) is 11.8. The van der Waals surface area contributed by atoms with Crippen LogP contribution in [0.1, 0.15) is 28.5 Å². The van der Waals surface area contributed by atoms with Gasteiger partial charge in [-0.05, 0) is 35.4 Å². The maximum Gasteiger partial charge on any atom is 0.333 e. The number of nitrogens with one attached hydrogen (secondary N) is 2. The summed E-state index contributed by atoms with van der Waals surface area (Å²) in [5, 5.41) is 18.4. The lowest BCUT2D eigenvalue weighted by molar-refractivity contribution is -0.129. The topological polar surface area (TPSA) is 130 Å². The molecule has 2 aromatic heterocycles. The van der Waals surface area contributed by atoms with Gasteiger partial charge in [-0.15, -0.1) is 0 Å². The van der Waals surface area contributed by atoms with Gasteiger partial charge >= 0.3 is 6.55 Å². The third kappa shape index (κ3) is 5.13. The molecule has 0 saturated carbocycles. The molecule has 1 amide bonds. The van der Waals surface area contributed by atoms with Crippen LogP contribution in [0.25, 0.3) is 22.5 Å². The van der Waals surface area contributed by atoms with Crippen molar-refractivity contribution in [2.24, 2.45) is 0 Å². The van der Waals surface area contributed by atoms with Gasteiger partial charge in [-0.3, -0.25) is 25.0 Å². The van der Waals surface area contributed by atoms with Crippen molar-refractivity contribution >= 4 is 30.3 Å². The van der Waals surface area contributed by atoms with Crippen molar-refractivity contribution in [3.63, 3.8) is 0 Å². The van der Waals surface area contributed by atoms with Gasteiger partial charge in [0.05, 0.1) is 23.6 Å². The van der Waals surface area contributed by atoms with Crippen LogP contribution >= 0.6 is 11.6 Å². The Morgan fingerprint density at radius 2 is 2.00 bits per heavy atom. The molecular weight excluding hydrogens is 496 g/mol. The van der Waals surface area contributed by atoms with Gasteiger partial charge in [0.15, 0.2) is 5.82 Å². The summed E-state index contributed by atoms with van der Waals surface area (Å²) in [7, 11) is 0. The van der Waals surface area contributed by atoms with Crippen molar-refractivity contribution in [3.05, 3.63) is 77.3 Å². The standard InChI is InChI=1S/C23H18ClF2N7O3/c24-19-6-5-16(7-18(19)21-28-12-29-31-21)20(10-36-13-34)32(11-27)22(35)15-3-1-14(2-4-15)17-8-30-33(9-17)23(25)26/h1-9,11-13,20,23,27H,10H2,(H,28,29,31). The number of hydrogen-bond donors (Lipinski definition) is 2. The highest BCUT2D eigenvalue weighted by atomic mass is 35.5. The lowest BCUT2D eigenvalue weighted by Gasteiger charge is -2.28. The first-order chi connectivity index (χ1) is 17.4. The van der Waals surface area contributed by atoms with Crippen molar-refractivity contribution in [3.8, 4) is 22.5 Å². The molecule has 13 heteroatoms. The number of aromatic nitrogens is 5. The molecule has 184 valence electrons. The van der Waals surface area contributed by atoms with Crippen molar-refractivity contribution in [1.82, 2.24) is 29.9 Å². The Hall–Kier alpha value is -4.45. The Balaban J connectivity index is 1.63. The maximum absolute atomic E-state index is 13.3. The number of hydrogen-bond acceptors (Lipinski definition) is 7. The number of carbonyl (C=O) groups is 2. The molecule has 0 saturated heterocycles. The molecule has 1 unspecified atom stereocenters. The molecule has 0 spiro atoms. The molecule has 0 bridgehead atoms. The molecule has 2 heterocycles. The van der Waals surface area contributed by atoms with Crippen molar-refractivity contribution in [1.29, 1.82) is 5.41 Å². The second kappa shape index (κ2) is 10.9. The first-order valence-corrected chi connectivity index (χ1v) is 10.8. The summed E-state index contributed by atoms with van der Waals surface area (Å²) in [5.74, 6) is -0.147. The molecular formula is C23H18ClF2N7O3. The number of carbonyl (C=O) groups excluding carboxylic acids is 2. The quantitative estimate of drug-likeness (QED) is 0.184. The van der Waals surface area contributed by atoms with Crippen LogP contribution in [-0.2, 0) is 9.53 Å². The third-order valence-electron chi connectivity index (χ3n) is 5.34. The second-order valence-corrected chi connectivity index (χ2v) is 7.83. The minimum absolute atomic E-state index is 0.226. The summed E-state index contributed by atoms with van der Waals surface area (Å²) < 4.78 is 31.1. The molecule has 0 aliphatic heterocycles. The Morgan fingerprint density at radius 3 is 2.61 bits per heavy atom. The Kier molecular flexibility index (Phi) is 7.44. The van der Waals surface area contributed by atoms with Crippen molar-refractivity contribution in [2.45, 2.75) is 12.6 Å². The number of amides is 1. The molecule has 0 radical (unpaired) electrons. The van der Waals surface area contributed by atoms with Crippen LogP contribution in [0.5, 0.6) is 0 Å². The zero-order valence-corrected chi connectivity index (χ0v) is 19.1. The lowest BCUT2D eigenvalue weighted by atomic mass is 10.0. The van der Waals surface area contributed by atoms with E-state index in [1.807, 2.05) is 0 Å². The van der Waals surface area contributed by atoms with Crippen LogP contribution in [0, 0.1) is 5.41 Å². The summed E-state index contributed by atoms with van der Waals surface area (Å²) in [6.07, 6.45) is 4.66. The first-order valence-electron chi connectivity index (χ1n) is 10.4. The van der Waals surface area contributed by atoms with Crippen LogP contribution in [0.3, 0.4) is 0 Å². The predicted octanol–water partition coefficient (Wildman–Crippen LogP) is 4.35. The van der Waals surface area contributed by atoms with E-state index in [-0.39, 0.29) is 18.6 Å². The van der Waals surface area contributed by atoms with Crippen molar-refractivity contribution in [2.75, 3.05) is 6.61 Å². The molecule has 10 nitrogen and oxygen atoms in total. The highest BCUT2D eigenvalue weighted by Crippen LogP contribution is 2.31. The zero-order chi connectivity index (χ0) is 25.7. The Bertz CT molecular complexity index is 1360. The first kappa shape index (κ1) is 24.7. The molecule has 2 N–H and O–H groups in total. The monoisotopic (exact) mass is 513 g/mol. The van der Waals surface area contributed by atoms with Gasteiger partial charge in [0.25, 0.3) is 12.4 Å². The fourth-order valence-electron chi connectivity index (χ4n) is 3.57. The average Bonchev–Trinajstić information content (AvgIpc) is 3.60. The highest BCUT2D eigenvalue weighted by molar-refractivity contribution is 6.33. The predicted molar refractivity (Wildman–Crippen MR) is 125 cm³/mol. The van der Waals surface area contributed by atoms with E-state index in [1.165, 1.54) is 30.9 Å². The average molecular weight is 514 g/mol. The summed E-state index contributed by atoms with van der Waals surface area (Å²) in [4.78, 5) is 29.5. The van der Waals surface area contributed by atoms with Gasteiger partial charge in [0, 0.05) is 22.9 Å². The number of benzene rings is 2. The van der Waals surface area contributed by atoms with Crippen LogP contribution in [0.2, 0.25) is 5.02 Å². The third-order valence-corrected chi connectivity index (χ3v) is 5.67. The Labute approximate surface area is 208 Å². The van der Waals surface area contributed by atoms with Crippen LogP contribution in [0.4, 0.5) is 8.78 Å². The fraction of sp³-hybridized carbons (Fsp3) is 0.130. The summed E-state index contributed by atoms with van der Waals surface area (Å²) >= 11 is 6.30. The van der Waals surface area contributed by atoms with E-state index in [9.17, 15) is 18.4 Å². The minimum Gasteiger partial charge on any atom is -0.465 e. The lowest BCUT2D eigenvalue weighted by Crippen LogP contribution is -2.36. The molecule has 0 fully saturated rings. The molecule has 4 aromatic rings. The number of nitrogens with zero attached hydrogens (tertiary/aromatic N) is 5. The molecule has 4 rings (SSSR count). The van der Waals surface area contributed by atoms with Crippen LogP contribution in [0.15, 0.2) is 61.2 Å². The minimum atomic E-state index is -2.76. The second-order valence-electron chi connectivity index (χ2n) is 7.42. The largest absolute Gasteiger partial charge is 0.465 e. The molecule has 2 aromatic carbocycles. The highest BCUT2D eigenvalue weighted by Gasteiger charge is 2.27. The van der Waals surface area contributed by atoms with Gasteiger partial charge in [-0.25, -0.2) is 9.67 Å². The molecule has 0 aliphatic rings. The van der Waals surface area contributed by atoms with Crippen LogP contribution < -0.4 is 0 Å². The SMILES string of the molecule is N=CN(C(=O)c1ccc(-c2cnn(C(F)F)c2)cc1)C(COC=O)c1ccc(Cl)c(-c2ncn[nH]2)c1. The van der Waals surface area contributed by atoms with E-state index in [4.69, 9.17) is 21.7 Å². The molecule has 36 heavy (non-hydrogen) atoms. The number of ether oxygens (including phenoxy) is 1. The molecule has 1 atom stereocenters. The van der Waals surface area contributed by atoms with Gasteiger partial charge in [0.1, 0.15) is 12.9 Å². The van der Waals surface area contributed by atoms with E-state index >= 15 is 0 Å². The van der Waals surface area contributed by atoms with Gasteiger partial charge in [0.2, 0.25) is 0 Å². The van der Waals surface area contributed by atoms with Crippen molar-refractivity contribution < 1.29 is 23.1 Å². The smallest absolute Gasteiger partial charge is 0.333 e. The summed E-state index contributed by atoms with van der Waals surface area (Å²) in [5.41, 5.74) is 2.30. The van der Waals surface area contributed by atoms with E-state index < -0.39 is 18.5 Å². The van der Waals surface area contributed by atoms with Gasteiger partial charge in [-0.1, -0.05) is 29.8 Å². The van der Waals surface area contributed by atoms with Gasteiger partial charge < -0.3 is 4.74 Å². The maximum atomic E-state index is 13.3. The van der Waals surface area contributed by atoms with E-state index in [1.54, 1.807) is 30.3 Å². The summed E-state index contributed by atoms with van der Waals surface area (Å²) in [6.45, 7) is -2.74. The van der Waals surface area contributed by atoms with Gasteiger partial charge in [-0.2, -0.15) is 19.0 Å². The number of alkyl halides is 2. The van der Waals surface area contributed by atoms with E-state index in [0.29, 0.717) is 37.8 Å². The summed E-state index contributed by atoms with van der Waals surface area (Å²) in [6, 6.07) is 10.2. The number of rotatable bonds is 10. The number of H-pyrrole nitrogens is 1. The molecule has 0 aliphatic carbocycles.